The van der Waals surface area contributed by atoms with Gasteiger partial charge in [-0.2, -0.15) is 0 Å². The quantitative estimate of drug-likeness (QED) is 0.543. The normalized spacial score (nSPS) is 26.3. The summed E-state index contributed by atoms with van der Waals surface area (Å²) in [7, 11) is 6.66. The molecule has 6 heteroatoms. The zero-order chi connectivity index (χ0) is 25.3. The molecule has 2 bridgehead atoms. The van der Waals surface area contributed by atoms with E-state index in [1.165, 1.54) is 0 Å². The standard InChI is InChI=1S/C29H39NO5/c1-29(2,3)16-17-12-22-26(20-14-18(32-4)8-10-24(20)34-6)30-27(23(13-17)28(22)31)21-15-19(33-5)9-11-25(21)35-7/h8-11,14-15,17,22-23,26-27,30H,12-13,16H2,1-7H3/t17?,22-,23+,26-,27+. The highest BCUT2D eigenvalue weighted by Crippen LogP contribution is 2.52. The van der Waals surface area contributed by atoms with Crippen LogP contribution in [0.5, 0.6) is 23.0 Å². The molecule has 1 aliphatic carbocycles. The molecule has 35 heavy (non-hydrogen) atoms. The predicted octanol–water partition coefficient (Wildman–Crippen LogP) is 5.75. The molecule has 0 aromatic heterocycles. The summed E-state index contributed by atoms with van der Waals surface area (Å²) in [5.74, 6) is 3.52. The Morgan fingerprint density at radius 2 is 1.23 bits per heavy atom. The van der Waals surface area contributed by atoms with Crippen molar-refractivity contribution in [1.82, 2.24) is 5.32 Å². The van der Waals surface area contributed by atoms with Gasteiger partial charge in [0.15, 0.2) is 0 Å². The molecular weight excluding hydrogens is 442 g/mol. The molecular formula is C29H39NO5. The molecule has 0 amide bonds. The van der Waals surface area contributed by atoms with E-state index in [4.69, 9.17) is 18.9 Å². The van der Waals surface area contributed by atoms with Crippen molar-refractivity contribution in [3.8, 4) is 23.0 Å². The summed E-state index contributed by atoms with van der Waals surface area (Å²) in [5.41, 5.74) is 2.10. The van der Waals surface area contributed by atoms with Crippen LogP contribution >= 0.6 is 0 Å². The Hall–Kier alpha value is -2.73. The van der Waals surface area contributed by atoms with Gasteiger partial charge in [-0.3, -0.25) is 4.79 Å². The van der Waals surface area contributed by atoms with Crippen LogP contribution in [0.4, 0.5) is 0 Å². The minimum Gasteiger partial charge on any atom is -0.497 e. The number of rotatable bonds is 7. The molecule has 1 heterocycles. The first-order chi connectivity index (χ1) is 16.7. The van der Waals surface area contributed by atoms with Crippen molar-refractivity contribution in [1.29, 1.82) is 0 Å². The fraction of sp³-hybridized carbons (Fsp3) is 0.552. The van der Waals surface area contributed by atoms with Crippen molar-refractivity contribution in [3.63, 3.8) is 0 Å². The van der Waals surface area contributed by atoms with Gasteiger partial charge in [0, 0.05) is 35.0 Å². The highest BCUT2D eigenvalue weighted by molar-refractivity contribution is 5.87. The van der Waals surface area contributed by atoms with Crippen LogP contribution in [0.2, 0.25) is 0 Å². The number of benzene rings is 2. The molecule has 1 N–H and O–H groups in total. The van der Waals surface area contributed by atoms with Crippen LogP contribution in [-0.2, 0) is 4.79 Å². The maximum atomic E-state index is 14.0. The van der Waals surface area contributed by atoms with E-state index in [1.54, 1.807) is 28.4 Å². The van der Waals surface area contributed by atoms with Gasteiger partial charge in [0.05, 0.1) is 28.4 Å². The maximum Gasteiger partial charge on any atom is 0.142 e. The van der Waals surface area contributed by atoms with E-state index >= 15 is 0 Å². The summed E-state index contributed by atoms with van der Waals surface area (Å²) >= 11 is 0. The van der Waals surface area contributed by atoms with E-state index in [0.29, 0.717) is 11.7 Å². The zero-order valence-electron chi connectivity index (χ0n) is 22.0. The Bertz CT molecular complexity index is 986. The predicted molar refractivity (Wildman–Crippen MR) is 136 cm³/mol. The van der Waals surface area contributed by atoms with Gasteiger partial charge in [-0.1, -0.05) is 20.8 Å². The summed E-state index contributed by atoms with van der Waals surface area (Å²) < 4.78 is 22.6. The first kappa shape index (κ1) is 25.4. The summed E-state index contributed by atoms with van der Waals surface area (Å²) in [4.78, 5) is 14.0. The van der Waals surface area contributed by atoms with E-state index in [1.807, 2.05) is 36.4 Å². The Morgan fingerprint density at radius 3 is 1.60 bits per heavy atom. The molecule has 5 atom stereocenters. The molecule has 2 fully saturated rings. The smallest absolute Gasteiger partial charge is 0.142 e. The van der Waals surface area contributed by atoms with Crippen molar-refractivity contribution in [2.45, 2.75) is 52.1 Å². The van der Waals surface area contributed by atoms with Crippen molar-refractivity contribution < 1.29 is 23.7 Å². The molecule has 1 unspecified atom stereocenters. The number of methoxy groups -OCH3 is 4. The highest BCUT2D eigenvalue weighted by Gasteiger charge is 2.50. The van der Waals surface area contributed by atoms with Gasteiger partial charge in [0.2, 0.25) is 0 Å². The number of hydrogen-bond acceptors (Lipinski definition) is 6. The lowest BCUT2D eigenvalue weighted by Crippen LogP contribution is -2.52. The van der Waals surface area contributed by atoms with Gasteiger partial charge in [-0.15, -0.1) is 0 Å². The minimum absolute atomic E-state index is 0.130. The fourth-order valence-corrected chi connectivity index (χ4v) is 6.16. The average molecular weight is 482 g/mol. The second-order valence-corrected chi connectivity index (χ2v) is 11.1. The third-order valence-corrected chi connectivity index (χ3v) is 7.51. The van der Waals surface area contributed by atoms with Gasteiger partial charge in [-0.05, 0) is 67.0 Å². The van der Waals surface area contributed by atoms with E-state index in [9.17, 15) is 4.79 Å². The highest BCUT2D eigenvalue weighted by atomic mass is 16.5. The third-order valence-electron chi connectivity index (χ3n) is 7.51. The van der Waals surface area contributed by atoms with Gasteiger partial charge >= 0.3 is 0 Å². The van der Waals surface area contributed by atoms with Crippen LogP contribution in [0.15, 0.2) is 36.4 Å². The lowest BCUT2D eigenvalue weighted by atomic mass is 9.61. The molecule has 0 spiro atoms. The van der Waals surface area contributed by atoms with Gasteiger partial charge in [-0.25, -0.2) is 0 Å². The molecule has 1 aliphatic heterocycles. The lowest BCUT2D eigenvalue weighted by molar-refractivity contribution is -0.137. The van der Waals surface area contributed by atoms with Crippen LogP contribution in [0.1, 0.15) is 63.2 Å². The number of nitrogens with one attached hydrogen (secondary N) is 1. The second-order valence-electron chi connectivity index (χ2n) is 11.1. The lowest BCUT2D eigenvalue weighted by Gasteiger charge is -2.48. The Balaban J connectivity index is 1.84. The van der Waals surface area contributed by atoms with Crippen molar-refractivity contribution in [3.05, 3.63) is 47.5 Å². The van der Waals surface area contributed by atoms with Crippen molar-refractivity contribution >= 4 is 5.78 Å². The monoisotopic (exact) mass is 481 g/mol. The van der Waals surface area contributed by atoms with Crippen LogP contribution in [-0.4, -0.2) is 34.2 Å². The first-order valence-electron chi connectivity index (χ1n) is 12.4. The summed E-state index contributed by atoms with van der Waals surface area (Å²) in [6, 6.07) is 11.2. The maximum absolute atomic E-state index is 14.0. The van der Waals surface area contributed by atoms with Crippen molar-refractivity contribution in [2.75, 3.05) is 28.4 Å². The molecule has 1 saturated heterocycles. The number of hydrogen-bond donors (Lipinski definition) is 1. The Kier molecular flexibility index (Phi) is 7.32. The summed E-state index contributed by atoms with van der Waals surface area (Å²) in [6.07, 6.45) is 2.82. The summed E-state index contributed by atoms with van der Waals surface area (Å²) in [5, 5.41) is 3.86. The Morgan fingerprint density at radius 1 is 0.771 bits per heavy atom. The fourth-order valence-electron chi connectivity index (χ4n) is 6.16. The van der Waals surface area contributed by atoms with Crippen LogP contribution in [0.3, 0.4) is 0 Å². The largest absolute Gasteiger partial charge is 0.497 e. The number of Topliss-reactive ketones (excluding diaryl/α,β-unsaturated/α-hetero) is 1. The minimum atomic E-state index is -0.201. The first-order valence-corrected chi connectivity index (χ1v) is 12.4. The zero-order valence-corrected chi connectivity index (χ0v) is 22.0. The summed E-state index contributed by atoms with van der Waals surface area (Å²) in [6.45, 7) is 6.84. The van der Waals surface area contributed by atoms with Gasteiger partial charge in [0.1, 0.15) is 28.8 Å². The third kappa shape index (κ3) is 5.13. The Labute approximate surface area is 209 Å². The van der Waals surface area contributed by atoms with E-state index in [2.05, 4.69) is 26.1 Å². The number of carbonyl (C=O) groups excluding carboxylic acids is 1. The number of carbonyl (C=O) groups is 1. The van der Waals surface area contributed by atoms with E-state index in [-0.39, 0.29) is 29.3 Å². The van der Waals surface area contributed by atoms with Gasteiger partial charge in [0.25, 0.3) is 0 Å². The number of fused-ring (bicyclic) bond motifs is 2. The van der Waals surface area contributed by atoms with Crippen LogP contribution in [0.25, 0.3) is 0 Å². The van der Waals surface area contributed by atoms with Crippen LogP contribution < -0.4 is 24.3 Å². The molecule has 2 aliphatic rings. The molecule has 4 rings (SSSR count). The van der Waals surface area contributed by atoms with E-state index in [0.717, 1.165) is 53.4 Å². The van der Waals surface area contributed by atoms with Gasteiger partial charge < -0.3 is 24.3 Å². The second kappa shape index (κ2) is 10.1. The topological polar surface area (TPSA) is 66.0 Å². The SMILES string of the molecule is COc1ccc(OC)c([C@H]2N[C@@H](c3cc(OC)ccc3OC)[C@@H]3CC(CC(C)(C)C)C[C@H]2C3=O)c1. The molecule has 190 valence electrons. The molecule has 0 radical (unpaired) electrons. The number of ketones is 1. The average Bonchev–Trinajstić information content (AvgIpc) is 2.83. The molecule has 2 aromatic carbocycles. The number of piperidine rings is 1. The molecule has 2 aromatic rings. The molecule has 1 saturated carbocycles. The van der Waals surface area contributed by atoms with Crippen LogP contribution in [0, 0.1) is 23.2 Å². The number of ether oxygens (including phenoxy) is 4. The van der Waals surface area contributed by atoms with Crippen molar-refractivity contribution in [2.24, 2.45) is 23.2 Å². The van der Waals surface area contributed by atoms with E-state index < -0.39 is 0 Å². The molecule has 6 nitrogen and oxygen atoms in total.